The Bertz CT molecular complexity index is 497. The maximum atomic E-state index is 13.0. The summed E-state index contributed by atoms with van der Waals surface area (Å²) in [6, 6.07) is 4.22. The summed E-state index contributed by atoms with van der Waals surface area (Å²) in [5, 5.41) is 2.65. The van der Waals surface area contributed by atoms with Crippen LogP contribution in [-0.4, -0.2) is 17.3 Å². The van der Waals surface area contributed by atoms with Gasteiger partial charge in [-0.25, -0.2) is 4.39 Å². The minimum Gasteiger partial charge on any atom is -0.308 e. The van der Waals surface area contributed by atoms with E-state index in [4.69, 9.17) is 11.6 Å². The average molecular weight is 241 g/mol. The molecule has 0 bridgehead atoms. The highest BCUT2D eigenvalue weighted by Crippen LogP contribution is 2.21. The van der Waals surface area contributed by atoms with E-state index in [0.717, 1.165) is 0 Å². The summed E-state index contributed by atoms with van der Waals surface area (Å²) in [7, 11) is 0. The molecule has 16 heavy (non-hydrogen) atoms. The molecule has 0 radical (unpaired) electrons. The number of amidine groups is 1. The van der Waals surface area contributed by atoms with E-state index in [1.54, 1.807) is 13.8 Å². The lowest BCUT2D eigenvalue weighted by atomic mass is 10.1. The Morgan fingerprint density at radius 2 is 2.12 bits per heavy atom. The Morgan fingerprint density at radius 3 is 2.62 bits per heavy atom. The van der Waals surface area contributed by atoms with Crippen LogP contribution in [0.25, 0.3) is 0 Å². The van der Waals surface area contributed by atoms with E-state index < -0.39 is 11.4 Å². The number of rotatable bonds is 1. The van der Waals surface area contributed by atoms with Crippen LogP contribution in [0.2, 0.25) is 5.02 Å². The molecule has 1 N–H and O–H groups in total. The molecule has 1 aromatic rings. The Morgan fingerprint density at radius 1 is 1.44 bits per heavy atom. The topological polar surface area (TPSA) is 41.5 Å². The maximum Gasteiger partial charge on any atom is 0.252 e. The smallest absolute Gasteiger partial charge is 0.252 e. The Kier molecular flexibility index (Phi) is 2.46. The number of hydrogen-bond acceptors (Lipinski definition) is 2. The van der Waals surface area contributed by atoms with Gasteiger partial charge in [0.25, 0.3) is 5.91 Å². The number of hydrogen-bond donors (Lipinski definition) is 1. The summed E-state index contributed by atoms with van der Waals surface area (Å²) in [5.74, 6) is -0.241. The van der Waals surface area contributed by atoms with E-state index in [1.807, 2.05) is 0 Å². The fourth-order valence-electron chi connectivity index (χ4n) is 1.40. The summed E-state index contributed by atoms with van der Waals surface area (Å²) in [4.78, 5) is 15.7. The van der Waals surface area contributed by atoms with Gasteiger partial charge in [-0.05, 0) is 32.0 Å². The minimum absolute atomic E-state index is 0.0131. The molecule has 3 nitrogen and oxygen atoms in total. The largest absolute Gasteiger partial charge is 0.308 e. The summed E-state index contributed by atoms with van der Waals surface area (Å²) < 4.78 is 13.0. The van der Waals surface area contributed by atoms with E-state index in [9.17, 15) is 9.18 Å². The van der Waals surface area contributed by atoms with E-state index in [1.165, 1.54) is 18.2 Å². The van der Waals surface area contributed by atoms with Gasteiger partial charge >= 0.3 is 0 Å². The quantitative estimate of drug-likeness (QED) is 0.803. The molecule has 1 heterocycles. The molecule has 1 aliphatic rings. The predicted octanol–water partition coefficient (Wildman–Crippen LogP) is 2.13. The van der Waals surface area contributed by atoms with E-state index in [-0.39, 0.29) is 10.9 Å². The van der Waals surface area contributed by atoms with Gasteiger partial charge < -0.3 is 5.32 Å². The third-order valence-electron chi connectivity index (χ3n) is 2.37. The molecule has 5 heteroatoms. The van der Waals surface area contributed by atoms with Gasteiger partial charge in [-0.2, -0.15) is 0 Å². The van der Waals surface area contributed by atoms with Gasteiger partial charge in [0.05, 0.1) is 5.02 Å². The molecule has 0 unspecified atom stereocenters. The fraction of sp³-hybridized carbons (Fsp3) is 0.273. The predicted molar refractivity (Wildman–Crippen MR) is 60.2 cm³/mol. The number of amides is 1. The molecule has 0 aromatic heterocycles. The van der Waals surface area contributed by atoms with Gasteiger partial charge in [0, 0.05) is 5.56 Å². The number of nitrogens with zero attached hydrogens (tertiary/aromatic N) is 1. The first kappa shape index (κ1) is 11.1. The number of carbonyl (C=O) groups excluding carboxylic acids is 1. The van der Waals surface area contributed by atoms with Gasteiger partial charge in [-0.1, -0.05) is 11.6 Å². The molecule has 0 saturated heterocycles. The molecule has 0 atom stereocenters. The van der Waals surface area contributed by atoms with E-state index >= 15 is 0 Å². The molecule has 0 aliphatic carbocycles. The van der Waals surface area contributed by atoms with Crippen LogP contribution in [0.1, 0.15) is 19.4 Å². The van der Waals surface area contributed by atoms with Crippen molar-refractivity contribution in [2.75, 3.05) is 0 Å². The van der Waals surface area contributed by atoms with Crippen molar-refractivity contribution in [3.63, 3.8) is 0 Å². The van der Waals surface area contributed by atoms with Gasteiger partial charge in [-0.15, -0.1) is 0 Å². The van der Waals surface area contributed by atoms with Crippen LogP contribution in [0.15, 0.2) is 23.2 Å². The molecular formula is C11H10ClFN2O. The van der Waals surface area contributed by atoms with Crippen molar-refractivity contribution < 1.29 is 9.18 Å². The lowest BCUT2D eigenvalue weighted by molar-refractivity contribution is -0.122. The van der Waals surface area contributed by atoms with Crippen molar-refractivity contribution in [3.05, 3.63) is 34.6 Å². The van der Waals surface area contributed by atoms with Gasteiger partial charge in [0.1, 0.15) is 17.2 Å². The molecule has 1 aliphatic heterocycles. The molecule has 1 amide bonds. The number of nitrogens with one attached hydrogen (secondary N) is 1. The Hall–Kier alpha value is -1.42. The summed E-state index contributed by atoms with van der Waals surface area (Å²) in [6.45, 7) is 3.42. The van der Waals surface area contributed by atoms with E-state index in [0.29, 0.717) is 11.4 Å². The minimum atomic E-state index is -0.782. The van der Waals surface area contributed by atoms with Crippen LogP contribution in [0.3, 0.4) is 0 Å². The number of aliphatic imine (C=N–C) groups is 1. The second-order valence-electron chi connectivity index (χ2n) is 4.10. The lowest BCUT2D eigenvalue weighted by Crippen LogP contribution is -2.34. The number of benzene rings is 1. The van der Waals surface area contributed by atoms with Crippen molar-refractivity contribution in [2.45, 2.75) is 19.4 Å². The Labute approximate surface area is 97.3 Å². The van der Waals surface area contributed by atoms with Crippen LogP contribution in [0.4, 0.5) is 4.39 Å². The SMILES string of the molecule is CC1(C)N=C(c2ccc(F)c(Cl)c2)NC1=O. The molecule has 0 fully saturated rings. The second-order valence-corrected chi connectivity index (χ2v) is 4.51. The maximum absolute atomic E-state index is 13.0. The third kappa shape index (κ3) is 1.80. The zero-order valence-corrected chi connectivity index (χ0v) is 9.60. The van der Waals surface area contributed by atoms with Crippen molar-refractivity contribution in [2.24, 2.45) is 4.99 Å². The zero-order chi connectivity index (χ0) is 11.9. The van der Waals surface area contributed by atoms with E-state index in [2.05, 4.69) is 10.3 Å². The Balaban J connectivity index is 2.40. The van der Waals surface area contributed by atoms with Gasteiger partial charge in [0.2, 0.25) is 0 Å². The van der Waals surface area contributed by atoms with Gasteiger partial charge in [-0.3, -0.25) is 9.79 Å². The highest BCUT2D eigenvalue weighted by Gasteiger charge is 2.34. The normalized spacial score (nSPS) is 18.2. The molecule has 0 saturated carbocycles. The van der Waals surface area contributed by atoms with Crippen LogP contribution in [0.5, 0.6) is 0 Å². The van der Waals surface area contributed by atoms with Crippen LogP contribution >= 0.6 is 11.6 Å². The number of halogens is 2. The van der Waals surface area contributed by atoms with Crippen LogP contribution in [-0.2, 0) is 4.79 Å². The van der Waals surface area contributed by atoms with Crippen LogP contribution < -0.4 is 5.32 Å². The van der Waals surface area contributed by atoms with Crippen molar-refractivity contribution in [1.82, 2.24) is 5.32 Å². The molecule has 2 rings (SSSR count). The monoisotopic (exact) mass is 240 g/mol. The molecule has 0 spiro atoms. The number of carbonyl (C=O) groups is 1. The van der Waals surface area contributed by atoms with Crippen molar-refractivity contribution >= 4 is 23.3 Å². The van der Waals surface area contributed by atoms with Crippen LogP contribution in [0, 0.1) is 5.82 Å². The molecule has 1 aromatic carbocycles. The standard InChI is InChI=1S/C11H10ClFN2O/c1-11(2)10(16)14-9(15-11)6-3-4-8(13)7(12)5-6/h3-5H,1-2H3,(H,14,15,16). The average Bonchev–Trinajstić information content (AvgIpc) is 2.46. The first-order valence-electron chi connectivity index (χ1n) is 4.77. The fourth-order valence-corrected chi connectivity index (χ4v) is 1.58. The van der Waals surface area contributed by atoms with Crippen molar-refractivity contribution in [3.8, 4) is 0 Å². The third-order valence-corrected chi connectivity index (χ3v) is 2.66. The highest BCUT2D eigenvalue weighted by atomic mass is 35.5. The first-order chi connectivity index (χ1) is 7.40. The summed E-state index contributed by atoms with van der Waals surface area (Å²) >= 11 is 5.66. The summed E-state index contributed by atoms with van der Waals surface area (Å²) in [6.07, 6.45) is 0. The zero-order valence-electron chi connectivity index (χ0n) is 8.84. The lowest BCUT2D eigenvalue weighted by Gasteiger charge is -2.07. The van der Waals surface area contributed by atoms with Crippen molar-refractivity contribution in [1.29, 1.82) is 0 Å². The second kappa shape index (κ2) is 3.56. The summed E-state index contributed by atoms with van der Waals surface area (Å²) in [5.41, 5.74) is -0.179. The van der Waals surface area contributed by atoms with Gasteiger partial charge in [0.15, 0.2) is 0 Å². The molecular weight excluding hydrogens is 231 g/mol. The first-order valence-corrected chi connectivity index (χ1v) is 5.15. The molecule has 84 valence electrons. The highest BCUT2D eigenvalue weighted by molar-refractivity contribution is 6.31.